The highest BCUT2D eigenvalue weighted by Gasteiger charge is 2.44. The fourth-order valence-corrected chi connectivity index (χ4v) is 4.94. The minimum absolute atomic E-state index is 0.153. The lowest BCUT2D eigenvalue weighted by Crippen LogP contribution is -2.55. The average molecular weight is 501 g/mol. The number of methoxy groups -OCH3 is 1. The van der Waals surface area contributed by atoms with Crippen molar-refractivity contribution in [2.45, 2.75) is 71.1 Å². The van der Waals surface area contributed by atoms with Crippen molar-refractivity contribution in [2.24, 2.45) is 0 Å². The van der Waals surface area contributed by atoms with Gasteiger partial charge >= 0.3 is 6.09 Å². The number of carbonyl (C=O) groups excluding carboxylic acids is 2. The number of benzene rings is 1. The Morgan fingerprint density at radius 1 is 1.39 bits per heavy atom. The molecule has 3 rings (SSSR count). The molecule has 0 aliphatic carbocycles. The van der Waals surface area contributed by atoms with Crippen molar-refractivity contribution >= 4 is 23.6 Å². The van der Waals surface area contributed by atoms with E-state index in [0.29, 0.717) is 56.8 Å². The fourth-order valence-electron chi connectivity index (χ4n) is 4.94. The molecule has 2 heterocycles. The Balaban J connectivity index is 2.05. The van der Waals surface area contributed by atoms with Gasteiger partial charge in [-0.2, -0.15) is 5.26 Å². The van der Waals surface area contributed by atoms with Crippen LogP contribution in [0.3, 0.4) is 0 Å². The number of hydrogen-bond donors (Lipinski definition) is 1. The standard InChI is InChI=1S/C26H36N4O6/c1-6-26(4)24(32)29(11-8-12-35-5)21-14-20(18(15-27)13-22(21)36-26)23(31)30(17(2)3)19-9-7-10-28(16-19)25(33)34/h13-14,17,19H,6-12,16H2,1-5H3,(H,33,34)/t19-,26?/m1/s1. The van der Waals surface area contributed by atoms with Gasteiger partial charge in [0.15, 0.2) is 5.60 Å². The number of anilines is 1. The second kappa shape index (κ2) is 11.2. The summed E-state index contributed by atoms with van der Waals surface area (Å²) in [6, 6.07) is 4.69. The Labute approximate surface area is 212 Å². The molecule has 0 bridgehead atoms. The molecule has 2 aliphatic rings. The van der Waals surface area contributed by atoms with Gasteiger partial charge in [-0.25, -0.2) is 4.79 Å². The zero-order valence-electron chi connectivity index (χ0n) is 21.7. The molecule has 10 nitrogen and oxygen atoms in total. The number of piperidine rings is 1. The minimum Gasteiger partial charge on any atom is -0.475 e. The third kappa shape index (κ3) is 5.26. The average Bonchev–Trinajstić information content (AvgIpc) is 2.85. The summed E-state index contributed by atoms with van der Waals surface area (Å²) >= 11 is 0. The van der Waals surface area contributed by atoms with Crippen molar-refractivity contribution in [1.82, 2.24) is 9.80 Å². The molecule has 0 spiro atoms. The molecule has 0 aromatic heterocycles. The fraction of sp³-hybridized carbons (Fsp3) is 0.615. The molecule has 1 unspecified atom stereocenters. The van der Waals surface area contributed by atoms with Gasteiger partial charge in [-0.15, -0.1) is 0 Å². The Morgan fingerprint density at radius 3 is 2.69 bits per heavy atom. The number of carbonyl (C=O) groups is 3. The highest BCUT2D eigenvalue weighted by molar-refractivity contribution is 6.05. The zero-order chi connectivity index (χ0) is 26.6. The van der Waals surface area contributed by atoms with E-state index in [-0.39, 0.29) is 41.6 Å². The number of ether oxygens (including phenoxy) is 2. The number of rotatable bonds is 8. The van der Waals surface area contributed by atoms with E-state index in [1.54, 1.807) is 29.9 Å². The normalized spacial score (nSPS) is 21.6. The predicted molar refractivity (Wildman–Crippen MR) is 133 cm³/mol. The van der Waals surface area contributed by atoms with E-state index in [2.05, 4.69) is 6.07 Å². The predicted octanol–water partition coefficient (Wildman–Crippen LogP) is 3.48. The second-order valence-electron chi connectivity index (χ2n) is 9.80. The Morgan fingerprint density at radius 2 is 2.11 bits per heavy atom. The molecule has 1 aromatic rings. The molecule has 2 aliphatic heterocycles. The van der Waals surface area contributed by atoms with Crippen LogP contribution < -0.4 is 9.64 Å². The van der Waals surface area contributed by atoms with Crippen LogP contribution in [0.15, 0.2) is 12.1 Å². The maximum Gasteiger partial charge on any atom is 0.407 e. The summed E-state index contributed by atoms with van der Waals surface area (Å²) in [5, 5.41) is 19.4. The van der Waals surface area contributed by atoms with Crippen molar-refractivity contribution in [3.8, 4) is 11.8 Å². The summed E-state index contributed by atoms with van der Waals surface area (Å²) < 4.78 is 11.3. The van der Waals surface area contributed by atoms with Crippen LogP contribution in [0.5, 0.6) is 5.75 Å². The first-order valence-corrected chi connectivity index (χ1v) is 12.5. The quantitative estimate of drug-likeness (QED) is 0.542. The van der Waals surface area contributed by atoms with Crippen molar-refractivity contribution in [1.29, 1.82) is 5.26 Å². The molecule has 1 aromatic carbocycles. The van der Waals surface area contributed by atoms with Gasteiger partial charge in [-0.3, -0.25) is 9.59 Å². The van der Waals surface area contributed by atoms with E-state index >= 15 is 0 Å². The van der Waals surface area contributed by atoms with Gasteiger partial charge in [-0.05, 0) is 52.5 Å². The van der Waals surface area contributed by atoms with Crippen molar-refractivity contribution < 1.29 is 29.0 Å². The minimum atomic E-state index is -1.08. The summed E-state index contributed by atoms with van der Waals surface area (Å²) in [6.07, 6.45) is 1.34. The first-order chi connectivity index (χ1) is 17.1. The van der Waals surface area contributed by atoms with E-state index in [1.807, 2.05) is 20.8 Å². The maximum atomic E-state index is 13.9. The van der Waals surface area contributed by atoms with Crippen molar-refractivity contribution in [2.75, 3.05) is 38.3 Å². The molecule has 3 amide bonds. The van der Waals surface area contributed by atoms with Crippen LogP contribution in [0.25, 0.3) is 0 Å². The van der Waals surface area contributed by atoms with Crippen molar-refractivity contribution in [3.05, 3.63) is 23.3 Å². The highest BCUT2D eigenvalue weighted by atomic mass is 16.5. The SMILES string of the molecule is CCC1(C)Oc2cc(C#N)c(C(=O)N(C(C)C)[C@@H]3CCCN(C(=O)O)C3)cc2N(CCCOC)C1=O. The molecule has 0 radical (unpaired) electrons. The monoisotopic (exact) mass is 500 g/mol. The Kier molecular flexibility index (Phi) is 8.46. The van der Waals surface area contributed by atoms with Crippen LogP contribution in [0.2, 0.25) is 0 Å². The third-order valence-electron chi connectivity index (χ3n) is 7.03. The number of carboxylic acid groups (broad SMARTS) is 1. The van der Waals surface area contributed by atoms with Crippen LogP contribution in [-0.4, -0.2) is 83.8 Å². The van der Waals surface area contributed by atoms with Gasteiger partial charge in [0.25, 0.3) is 11.8 Å². The summed E-state index contributed by atoms with van der Waals surface area (Å²) in [4.78, 5) is 43.5. The highest BCUT2D eigenvalue weighted by Crippen LogP contribution is 2.41. The molecule has 1 fully saturated rings. The van der Waals surface area contributed by atoms with Gasteiger partial charge in [0.1, 0.15) is 11.8 Å². The smallest absolute Gasteiger partial charge is 0.407 e. The molecule has 36 heavy (non-hydrogen) atoms. The number of nitriles is 1. The largest absolute Gasteiger partial charge is 0.475 e. The number of amides is 3. The molecule has 1 N–H and O–H groups in total. The Hall–Kier alpha value is -3.32. The molecular formula is C26H36N4O6. The summed E-state index contributed by atoms with van der Waals surface area (Å²) in [5.41, 5.74) is -0.306. The van der Waals surface area contributed by atoms with Gasteiger partial charge in [-0.1, -0.05) is 6.92 Å². The molecular weight excluding hydrogens is 464 g/mol. The van der Waals surface area contributed by atoms with E-state index in [0.717, 1.165) is 0 Å². The van der Waals surface area contributed by atoms with Gasteiger partial charge in [0.2, 0.25) is 0 Å². The number of likely N-dealkylation sites (tertiary alicyclic amines) is 1. The van der Waals surface area contributed by atoms with E-state index in [4.69, 9.17) is 9.47 Å². The zero-order valence-corrected chi connectivity index (χ0v) is 21.7. The maximum absolute atomic E-state index is 13.9. The van der Waals surface area contributed by atoms with Gasteiger partial charge in [0.05, 0.1) is 22.9 Å². The van der Waals surface area contributed by atoms with Crippen molar-refractivity contribution in [3.63, 3.8) is 0 Å². The van der Waals surface area contributed by atoms with Crippen LogP contribution >= 0.6 is 0 Å². The number of hydrogen-bond acceptors (Lipinski definition) is 6. The second-order valence-corrected chi connectivity index (χ2v) is 9.80. The Bertz CT molecular complexity index is 1050. The molecule has 0 saturated carbocycles. The van der Waals surface area contributed by atoms with Crippen LogP contribution in [0.4, 0.5) is 10.5 Å². The van der Waals surface area contributed by atoms with E-state index in [9.17, 15) is 24.8 Å². The molecule has 10 heteroatoms. The number of nitrogens with zero attached hydrogens (tertiary/aromatic N) is 4. The lowest BCUT2D eigenvalue weighted by Gasteiger charge is -2.42. The first-order valence-electron chi connectivity index (χ1n) is 12.5. The molecule has 1 saturated heterocycles. The van der Waals surface area contributed by atoms with Crippen LogP contribution in [0, 0.1) is 11.3 Å². The number of fused-ring (bicyclic) bond motifs is 1. The molecule has 196 valence electrons. The van der Waals surface area contributed by atoms with Crippen LogP contribution in [-0.2, 0) is 9.53 Å². The lowest BCUT2D eigenvalue weighted by atomic mass is 9.95. The third-order valence-corrected chi connectivity index (χ3v) is 7.03. The van der Waals surface area contributed by atoms with Gasteiger partial charge in [0, 0.05) is 45.5 Å². The first kappa shape index (κ1) is 27.3. The summed E-state index contributed by atoms with van der Waals surface area (Å²) in [5.74, 6) is -0.188. The van der Waals surface area contributed by atoms with Gasteiger partial charge < -0.3 is 29.3 Å². The lowest BCUT2D eigenvalue weighted by molar-refractivity contribution is -0.134. The summed E-state index contributed by atoms with van der Waals surface area (Å²) in [6.45, 7) is 8.83. The topological polar surface area (TPSA) is 123 Å². The summed E-state index contributed by atoms with van der Waals surface area (Å²) in [7, 11) is 1.60. The van der Waals surface area contributed by atoms with Crippen LogP contribution in [0.1, 0.15) is 69.3 Å². The van der Waals surface area contributed by atoms with E-state index in [1.165, 1.54) is 11.0 Å². The molecule has 2 atom stereocenters. The van der Waals surface area contributed by atoms with E-state index < -0.39 is 11.7 Å².